The number of carbonyl (C=O) groups excluding carboxylic acids is 1. The monoisotopic (exact) mass is 469 g/mol. The second-order valence-corrected chi connectivity index (χ2v) is 8.06. The zero-order chi connectivity index (χ0) is 20.4. The molecular weight excluding hydrogens is 454 g/mol. The molecule has 29 heavy (non-hydrogen) atoms. The molecule has 0 aliphatic carbocycles. The van der Waals surface area contributed by atoms with Gasteiger partial charge in [0.25, 0.3) is 0 Å². The van der Waals surface area contributed by atoms with Gasteiger partial charge in [-0.15, -0.1) is 21.6 Å². The Morgan fingerprint density at radius 3 is 2.66 bits per heavy atom. The minimum atomic E-state index is -0.462. The summed E-state index contributed by atoms with van der Waals surface area (Å²) in [4.78, 5) is 12.2. The number of hydrogen-bond donors (Lipinski definition) is 1. The molecule has 8 heteroatoms. The first-order chi connectivity index (χ1) is 14.1. The molecule has 2 aromatic carbocycles. The van der Waals surface area contributed by atoms with Crippen LogP contribution in [0.15, 0.2) is 74.7 Å². The number of methoxy groups -OCH3 is 1. The second-order valence-electron chi connectivity index (χ2n) is 6.23. The van der Waals surface area contributed by atoms with Gasteiger partial charge in [-0.1, -0.05) is 46.3 Å². The van der Waals surface area contributed by atoms with E-state index in [1.807, 2.05) is 48.5 Å². The standard InChI is InChI=1S/C21H16BrN3O3S/c1-28-21(27)19-16(10-11-29-19)23-24-18-15-4-2-3-5-17(15)25(20(18)26)12-13-6-8-14(22)9-7-13/h2-11,26H,12H2,1H3. The highest BCUT2D eigenvalue weighted by Gasteiger charge is 2.18. The van der Waals surface area contributed by atoms with Gasteiger partial charge in [-0.2, -0.15) is 0 Å². The van der Waals surface area contributed by atoms with Crippen molar-refractivity contribution in [3.63, 3.8) is 0 Å². The third-order valence-electron chi connectivity index (χ3n) is 4.44. The molecule has 6 nitrogen and oxygen atoms in total. The number of hydrogen-bond acceptors (Lipinski definition) is 6. The molecule has 0 spiro atoms. The number of rotatable bonds is 5. The Balaban J connectivity index is 1.76. The number of azo groups is 1. The number of para-hydroxylation sites is 1. The maximum absolute atomic E-state index is 11.8. The predicted octanol–water partition coefficient (Wildman–Crippen LogP) is 6.42. The van der Waals surface area contributed by atoms with E-state index < -0.39 is 5.97 Å². The smallest absolute Gasteiger partial charge is 0.350 e. The molecular formula is C21H16BrN3O3S. The summed E-state index contributed by atoms with van der Waals surface area (Å²) >= 11 is 4.67. The molecule has 0 radical (unpaired) electrons. The van der Waals surface area contributed by atoms with Gasteiger partial charge in [0.05, 0.1) is 19.2 Å². The summed E-state index contributed by atoms with van der Waals surface area (Å²) in [6.45, 7) is 0.487. The van der Waals surface area contributed by atoms with Crippen molar-refractivity contribution < 1.29 is 14.6 Å². The van der Waals surface area contributed by atoms with Crippen molar-refractivity contribution in [2.45, 2.75) is 6.54 Å². The van der Waals surface area contributed by atoms with Crippen LogP contribution in [0.3, 0.4) is 0 Å². The van der Waals surface area contributed by atoms with E-state index in [1.54, 1.807) is 16.0 Å². The van der Waals surface area contributed by atoms with Crippen LogP contribution >= 0.6 is 27.3 Å². The molecule has 0 saturated carbocycles. The zero-order valence-electron chi connectivity index (χ0n) is 15.4. The molecule has 0 amide bonds. The molecule has 1 N–H and O–H groups in total. The number of thiophene rings is 1. The molecule has 0 atom stereocenters. The summed E-state index contributed by atoms with van der Waals surface area (Å²) in [5.41, 5.74) is 2.66. The van der Waals surface area contributed by atoms with E-state index in [9.17, 15) is 9.90 Å². The summed E-state index contributed by atoms with van der Waals surface area (Å²) in [7, 11) is 1.32. The average molecular weight is 470 g/mol. The first-order valence-corrected chi connectivity index (χ1v) is 10.4. The minimum Gasteiger partial charge on any atom is -0.493 e. The predicted molar refractivity (Wildman–Crippen MR) is 117 cm³/mol. The molecule has 2 aromatic heterocycles. The van der Waals surface area contributed by atoms with E-state index in [0.29, 0.717) is 22.8 Å². The summed E-state index contributed by atoms with van der Waals surface area (Å²) in [6.07, 6.45) is 0. The highest BCUT2D eigenvalue weighted by atomic mass is 79.9. The third kappa shape index (κ3) is 3.81. The fourth-order valence-corrected chi connectivity index (χ4v) is 4.04. The van der Waals surface area contributed by atoms with Gasteiger partial charge in [0.15, 0.2) is 5.69 Å². The van der Waals surface area contributed by atoms with Crippen molar-refractivity contribution in [3.8, 4) is 5.88 Å². The van der Waals surface area contributed by atoms with E-state index in [4.69, 9.17) is 4.74 Å². The second kappa shape index (κ2) is 8.18. The molecule has 0 bridgehead atoms. The summed E-state index contributed by atoms with van der Waals surface area (Å²) < 4.78 is 7.56. The van der Waals surface area contributed by atoms with Gasteiger partial charge in [0.1, 0.15) is 10.6 Å². The fraction of sp³-hybridized carbons (Fsp3) is 0.0952. The lowest BCUT2D eigenvalue weighted by Gasteiger charge is -2.07. The Labute approximate surface area is 179 Å². The van der Waals surface area contributed by atoms with Crippen LogP contribution in [0.5, 0.6) is 5.88 Å². The van der Waals surface area contributed by atoms with Gasteiger partial charge in [0, 0.05) is 9.86 Å². The van der Waals surface area contributed by atoms with Gasteiger partial charge in [0.2, 0.25) is 5.88 Å². The van der Waals surface area contributed by atoms with Gasteiger partial charge in [-0.05, 0) is 35.2 Å². The van der Waals surface area contributed by atoms with Crippen LogP contribution in [-0.4, -0.2) is 22.8 Å². The van der Waals surface area contributed by atoms with Crippen molar-refractivity contribution in [3.05, 3.63) is 74.9 Å². The molecule has 146 valence electrons. The number of halogens is 1. The largest absolute Gasteiger partial charge is 0.493 e. The Morgan fingerprint density at radius 1 is 1.14 bits per heavy atom. The average Bonchev–Trinajstić information content (AvgIpc) is 3.31. The number of fused-ring (bicyclic) bond motifs is 1. The van der Waals surface area contributed by atoms with Crippen LogP contribution in [0, 0.1) is 0 Å². The first-order valence-electron chi connectivity index (χ1n) is 8.70. The van der Waals surface area contributed by atoms with Crippen molar-refractivity contribution in [1.29, 1.82) is 0 Å². The lowest BCUT2D eigenvalue weighted by atomic mass is 10.2. The molecule has 4 aromatic rings. The number of carbonyl (C=O) groups is 1. The molecule has 0 fully saturated rings. The van der Waals surface area contributed by atoms with Gasteiger partial charge in [-0.3, -0.25) is 0 Å². The topological polar surface area (TPSA) is 76.2 Å². The molecule has 4 rings (SSSR count). The van der Waals surface area contributed by atoms with Crippen LogP contribution in [0.25, 0.3) is 10.9 Å². The van der Waals surface area contributed by atoms with E-state index >= 15 is 0 Å². The molecule has 0 aliphatic heterocycles. The van der Waals surface area contributed by atoms with Crippen LogP contribution in [0.1, 0.15) is 15.2 Å². The van der Waals surface area contributed by atoms with Crippen molar-refractivity contribution in [2.75, 3.05) is 7.11 Å². The van der Waals surface area contributed by atoms with Crippen LogP contribution < -0.4 is 0 Å². The zero-order valence-corrected chi connectivity index (χ0v) is 17.8. The number of benzene rings is 2. The number of aromatic hydroxyl groups is 1. The Hall–Kier alpha value is -2.97. The van der Waals surface area contributed by atoms with Gasteiger partial charge < -0.3 is 14.4 Å². The van der Waals surface area contributed by atoms with Crippen molar-refractivity contribution in [2.24, 2.45) is 10.2 Å². The van der Waals surface area contributed by atoms with Crippen LogP contribution in [-0.2, 0) is 11.3 Å². The maximum Gasteiger partial charge on any atom is 0.350 e. The quantitative estimate of drug-likeness (QED) is 0.270. The number of esters is 1. The molecule has 0 aliphatic rings. The molecule has 0 unspecified atom stereocenters. The fourth-order valence-electron chi connectivity index (χ4n) is 3.03. The summed E-state index contributed by atoms with van der Waals surface area (Å²) in [5.74, 6) is -0.441. The maximum atomic E-state index is 11.8. The number of ether oxygens (including phenoxy) is 1. The lowest BCUT2D eigenvalue weighted by Crippen LogP contribution is -1.98. The third-order valence-corrected chi connectivity index (χ3v) is 5.86. The van der Waals surface area contributed by atoms with E-state index in [2.05, 4.69) is 26.2 Å². The molecule has 0 saturated heterocycles. The van der Waals surface area contributed by atoms with Crippen LogP contribution in [0.2, 0.25) is 0 Å². The highest BCUT2D eigenvalue weighted by molar-refractivity contribution is 9.10. The summed E-state index contributed by atoms with van der Waals surface area (Å²) in [6, 6.07) is 17.2. The summed E-state index contributed by atoms with van der Waals surface area (Å²) in [5, 5.41) is 21.9. The lowest BCUT2D eigenvalue weighted by molar-refractivity contribution is 0.0607. The van der Waals surface area contributed by atoms with Crippen molar-refractivity contribution >= 4 is 55.5 Å². The van der Waals surface area contributed by atoms with E-state index in [0.717, 1.165) is 20.9 Å². The normalized spacial score (nSPS) is 11.4. The van der Waals surface area contributed by atoms with E-state index in [1.165, 1.54) is 18.4 Å². The first kappa shape index (κ1) is 19.4. The van der Waals surface area contributed by atoms with Crippen LogP contribution in [0.4, 0.5) is 11.4 Å². The number of aromatic nitrogens is 1. The Kier molecular flexibility index (Phi) is 5.46. The minimum absolute atomic E-state index is 0.0210. The number of nitrogens with zero attached hydrogens (tertiary/aromatic N) is 3. The van der Waals surface area contributed by atoms with E-state index in [-0.39, 0.29) is 5.88 Å². The van der Waals surface area contributed by atoms with Gasteiger partial charge in [-0.25, -0.2) is 4.79 Å². The Morgan fingerprint density at radius 2 is 1.90 bits per heavy atom. The Bertz CT molecular complexity index is 1210. The highest BCUT2D eigenvalue weighted by Crippen LogP contribution is 2.40. The molecule has 2 heterocycles. The van der Waals surface area contributed by atoms with Gasteiger partial charge >= 0.3 is 5.97 Å². The SMILES string of the molecule is COC(=O)c1sccc1N=Nc1c(O)n(Cc2ccc(Br)cc2)c2ccccc12. The van der Waals surface area contributed by atoms with Crippen molar-refractivity contribution in [1.82, 2.24) is 4.57 Å².